The number of carboxylic acid groups (broad SMARTS) is 1. The third kappa shape index (κ3) is 4.47. The maximum absolute atomic E-state index is 11.4. The maximum Gasteiger partial charge on any atom is 0.407 e. The van der Waals surface area contributed by atoms with Gasteiger partial charge in [0.1, 0.15) is 5.75 Å². The zero-order chi connectivity index (χ0) is 20.6. The molecule has 3 atom stereocenters. The molecule has 1 aromatic rings. The summed E-state index contributed by atoms with van der Waals surface area (Å²) >= 11 is 0. The molecule has 1 N–H and O–H groups in total. The maximum atomic E-state index is 11.4. The molecular formula is C23H35N3O3. The molecule has 2 bridgehead atoms. The summed E-state index contributed by atoms with van der Waals surface area (Å²) in [6.07, 6.45) is 3.11. The fourth-order valence-electron chi connectivity index (χ4n) is 5.34. The van der Waals surface area contributed by atoms with Crippen LogP contribution in [0.3, 0.4) is 0 Å². The average Bonchev–Trinajstić information content (AvgIpc) is 2.97. The number of nitrogens with zero attached hydrogens (tertiary/aromatic N) is 3. The number of fused-ring (bicyclic) bond motifs is 2. The fourth-order valence-corrected chi connectivity index (χ4v) is 5.34. The topological polar surface area (TPSA) is 56.2 Å². The number of amides is 1. The minimum Gasteiger partial charge on any atom is -0.493 e. The summed E-state index contributed by atoms with van der Waals surface area (Å²) in [6, 6.07) is 8.86. The Morgan fingerprint density at radius 3 is 2.14 bits per heavy atom. The van der Waals surface area contributed by atoms with Crippen LogP contribution in [0.1, 0.15) is 46.5 Å². The van der Waals surface area contributed by atoms with Crippen molar-refractivity contribution < 1.29 is 14.6 Å². The molecular weight excluding hydrogens is 366 g/mol. The molecule has 4 rings (SSSR count). The second-order valence-electron chi connectivity index (χ2n) is 9.86. The predicted octanol–water partition coefficient (Wildman–Crippen LogP) is 3.91. The highest BCUT2D eigenvalue weighted by Gasteiger charge is 2.43. The Morgan fingerprint density at radius 2 is 1.62 bits per heavy atom. The summed E-state index contributed by atoms with van der Waals surface area (Å²) in [6.45, 7) is 11.8. The molecule has 160 valence electrons. The molecule has 3 saturated heterocycles. The smallest absolute Gasteiger partial charge is 0.407 e. The van der Waals surface area contributed by atoms with Crippen LogP contribution in [0.2, 0.25) is 0 Å². The molecule has 3 aliphatic rings. The van der Waals surface area contributed by atoms with Gasteiger partial charge in [-0.15, -0.1) is 0 Å². The van der Waals surface area contributed by atoms with Crippen molar-refractivity contribution in [3.63, 3.8) is 0 Å². The van der Waals surface area contributed by atoms with Crippen molar-refractivity contribution in [2.24, 2.45) is 5.92 Å². The lowest BCUT2D eigenvalue weighted by Gasteiger charge is -2.43. The van der Waals surface area contributed by atoms with Gasteiger partial charge in [0.2, 0.25) is 0 Å². The van der Waals surface area contributed by atoms with E-state index in [9.17, 15) is 9.90 Å². The van der Waals surface area contributed by atoms with E-state index >= 15 is 0 Å². The van der Waals surface area contributed by atoms with Crippen LogP contribution in [-0.2, 0) is 0 Å². The number of benzene rings is 1. The largest absolute Gasteiger partial charge is 0.493 e. The zero-order valence-corrected chi connectivity index (χ0v) is 18.0. The van der Waals surface area contributed by atoms with Gasteiger partial charge in [0.25, 0.3) is 0 Å². The van der Waals surface area contributed by atoms with Crippen LogP contribution in [0, 0.1) is 5.92 Å². The van der Waals surface area contributed by atoms with E-state index in [0.29, 0.717) is 12.5 Å². The number of anilines is 1. The monoisotopic (exact) mass is 401 g/mol. The Kier molecular flexibility index (Phi) is 5.65. The van der Waals surface area contributed by atoms with Crippen LogP contribution in [0.4, 0.5) is 10.5 Å². The molecule has 0 aromatic heterocycles. The van der Waals surface area contributed by atoms with Gasteiger partial charge in [-0.1, -0.05) is 0 Å². The first-order valence-electron chi connectivity index (χ1n) is 11.1. The number of piperidine rings is 1. The first-order chi connectivity index (χ1) is 13.8. The van der Waals surface area contributed by atoms with E-state index in [1.54, 1.807) is 4.90 Å². The lowest BCUT2D eigenvalue weighted by atomic mass is 9.92. The summed E-state index contributed by atoms with van der Waals surface area (Å²) in [5.74, 6) is 1.36. The number of carbonyl (C=O) groups is 1. The summed E-state index contributed by atoms with van der Waals surface area (Å²) < 4.78 is 6.08. The van der Waals surface area contributed by atoms with E-state index in [1.165, 1.54) is 5.69 Å². The highest BCUT2D eigenvalue weighted by Crippen LogP contribution is 2.39. The number of hydrogen-bond donors (Lipinski definition) is 1. The lowest BCUT2D eigenvalue weighted by molar-refractivity contribution is 0.0713. The van der Waals surface area contributed by atoms with Crippen LogP contribution >= 0.6 is 0 Å². The van der Waals surface area contributed by atoms with Crippen LogP contribution in [0.15, 0.2) is 24.3 Å². The van der Waals surface area contributed by atoms with Gasteiger partial charge in [-0.2, -0.15) is 0 Å². The van der Waals surface area contributed by atoms with E-state index in [4.69, 9.17) is 4.74 Å². The number of hydrogen-bond acceptors (Lipinski definition) is 4. The van der Waals surface area contributed by atoms with Crippen molar-refractivity contribution in [1.82, 2.24) is 9.80 Å². The molecule has 0 aliphatic carbocycles. The molecule has 3 heterocycles. The Hall–Kier alpha value is -1.95. The number of ether oxygens (including phenoxy) is 1. The van der Waals surface area contributed by atoms with Gasteiger partial charge in [0, 0.05) is 49.5 Å². The molecule has 29 heavy (non-hydrogen) atoms. The molecule has 0 radical (unpaired) electrons. The van der Waals surface area contributed by atoms with Crippen molar-refractivity contribution >= 4 is 11.8 Å². The van der Waals surface area contributed by atoms with Crippen LogP contribution in [0.25, 0.3) is 0 Å². The van der Waals surface area contributed by atoms with Crippen LogP contribution < -0.4 is 9.64 Å². The first kappa shape index (κ1) is 20.3. The quantitative estimate of drug-likeness (QED) is 0.829. The van der Waals surface area contributed by atoms with E-state index in [1.807, 2.05) is 0 Å². The zero-order valence-electron chi connectivity index (χ0n) is 18.0. The second kappa shape index (κ2) is 8.05. The molecule has 1 aromatic carbocycles. The Morgan fingerprint density at radius 1 is 1.03 bits per heavy atom. The predicted molar refractivity (Wildman–Crippen MR) is 115 cm³/mol. The summed E-state index contributed by atoms with van der Waals surface area (Å²) in [4.78, 5) is 18.1. The van der Waals surface area contributed by atoms with E-state index in [-0.39, 0.29) is 17.6 Å². The standard InChI is InChI=1S/C23H35N3O3/c1-23(2,3)25-12-10-24(11-13-25)18-6-8-21(9-7-18)29-16-17-14-19-4-5-20(15-17)26(19)22(27)28/h6-9,17,19-20H,4-5,10-16H2,1-3H3,(H,27,28)/t17?,19-,20+. The van der Waals surface area contributed by atoms with Gasteiger partial charge in [-0.05, 0) is 76.6 Å². The first-order valence-corrected chi connectivity index (χ1v) is 11.1. The summed E-state index contributed by atoms with van der Waals surface area (Å²) in [7, 11) is 0. The minimum absolute atomic E-state index is 0.189. The Bertz CT molecular complexity index is 693. The molecule has 1 amide bonds. The fraction of sp³-hybridized carbons (Fsp3) is 0.696. The second-order valence-corrected chi connectivity index (χ2v) is 9.86. The van der Waals surface area contributed by atoms with Gasteiger partial charge in [0.15, 0.2) is 0 Å². The third-order valence-corrected chi connectivity index (χ3v) is 6.97. The van der Waals surface area contributed by atoms with Crippen LogP contribution in [0.5, 0.6) is 5.75 Å². The van der Waals surface area contributed by atoms with Gasteiger partial charge in [-0.25, -0.2) is 4.79 Å². The number of piperazine rings is 1. The molecule has 0 spiro atoms. The molecule has 6 nitrogen and oxygen atoms in total. The van der Waals surface area contributed by atoms with E-state index in [0.717, 1.165) is 57.6 Å². The van der Waals surface area contributed by atoms with Crippen molar-refractivity contribution in [2.75, 3.05) is 37.7 Å². The Labute approximate surface area is 174 Å². The van der Waals surface area contributed by atoms with Crippen molar-refractivity contribution in [2.45, 2.75) is 64.1 Å². The summed E-state index contributed by atoms with van der Waals surface area (Å²) in [5, 5.41) is 9.39. The van der Waals surface area contributed by atoms with Gasteiger partial charge in [0.05, 0.1) is 6.61 Å². The highest BCUT2D eigenvalue weighted by atomic mass is 16.5. The summed E-state index contributed by atoms with van der Waals surface area (Å²) in [5.41, 5.74) is 1.50. The van der Waals surface area contributed by atoms with E-state index < -0.39 is 6.09 Å². The number of rotatable bonds is 4. The van der Waals surface area contributed by atoms with Gasteiger partial charge >= 0.3 is 6.09 Å². The van der Waals surface area contributed by atoms with Crippen molar-refractivity contribution in [3.8, 4) is 5.75 Å². The van der Waals surface area contributed by atoms with Crippen LogP contribution in [-0.4, -0.2) is 71.4 Å². The van der Waals surface area contributed by atoms with Crippen molar-refractivity contribution in [1.29, 1.82) is 0 Å². The normalized spacial score (nSPS) is 27.9. The average molecular weight is 402 g/mol. The Balaban J connectivity index is 1.26. The SMILES string of the molecule is CC(C)(C)N1CCN(c2ccc(OCC3C[C@H]4CC[C@@H](C3)N4C(=O)O)cc2)CC1. The highest BCUT2D eigenvalue weighted by molar-refractivity contribution is 5.66. The van der Waals surface area contributed by atoms with Crippen molar-refractivity contribution in [3.05, 3.63) is 24.3 Å². The molecule has 3 aliphatic heterocycles. The minimum atomic E-state index is -0.754. The van der Waals surface area contributed by atoms with E-state index in [2.05, 4.69) is 54.8 Å². The molecule has 1 unspecified atom stereocenters. The van der Waals surface area contributed by atoms with Gasteiger partial charge < -0.3 is 19.6 Å². The third-order valence-electron chi connectivity index (χ3n) is 6.97. The molecule has 6 heteroatoms. The lowest BCUT2D eigenvalue weighted by Crippen LogP contribution is -2.53. The molecule has 0 saturated carbocycles. The van der Waals surface area contributed by atoms with Gasteiger partial charge in [-0.3, -0.25) is 4.90 Å². The molecule has 3 fully saturated rings.